The van der Waals surface area contributed by atoms with Gasteiger partial charge in [0.15, 0.2) is 0 Å². The van der Waals surface area contributed by atoms with E-state index in [0.717, 1.165) is 11.3 Å². The van der Waals surface area contributed by atoms with Gasteiger partial charge in [-0.05, 0) is 43.9 Å². The van der Waals surface area contributed by atoms with Crippen LogP contribution in [0, 0.1) is 0 Å². The lowest BCUT2D eigenvalue weighted by Gasteiger charge is -2.25. The minimum absolute atomic E-state index is 0.0131. The summed E-state index contributed by atoms with van der Waals surface area (Å²) in [6.07, 6.45) is 1.70. The van der Waals surface area contributed by atoms with Gasteiger partial charge in [-0.15, -0.1) is 0 Å². The number of hydrogen-bond acceptors (Lipinski definition) is 5. The van der Waals surface area contributed by atoms with Gasteiger partial charge in [-0.1, -0.05) is 24.3 Å². The molecule has 2 aromatic carbocycles. The van der Waals surface area contributed by atoms with Crippen LogP contribution in [-0.4, -0.2) is 48.1 Å². The van der Waals surface area contributed by atoms with Crippen molar-refractivity contribution >= 4 is 16.8 Å². The van der Waals surface area contributed by atoms with E-state index in [1.54, 1.807) is 19.2 Å². The monoisotopic (exact) mass is 394 g/mol. The van der Waals surface area contributed by atoms with Crippen LogP contribution in [0.25, 0.3) is 10.9 Å². The Kier molecular flexibility index (Phi) is 6.61. The number of amides is 1. The Labute approximate surface area is 169 Å². The third kappa shape index (κ3) is 5.00. The molecule has 0 aliphatic carbocycles. The summed E-state index contributed by atoms with van der Waals surface area (Å²) in [6.45, 7) is 0.748. The van der Waals surface area contributed by atoms with E-state index >= 15 is 0 Å². The molecule has 0 radical (unpaired) electrons. The lowest BCUT2D eigenvalue weighted by atomic mass is 10.1. The molecule has 0 spiro atoms. The van der Waals surface area contributed by atoms with E-state index in [1.807, 2.05) is 55.4 Å². The van der Waals surface area contributed by atoms with Gasteiger partial charge in [-0.3, -0.25) is 14.2 Å². The van der Waals surface area contributed by atoms with Crippen LogP contribution in [0.2, 0.25) is 0 Å². The van der Waals surface area contributed by atoms with Gasteiger partial charge in [0.1, 0.15) is 5.75 Å². The Hall–Kier alpha value is -3.19. The molecule has 0 fully saturated rings. The third-order valence-electron chi connectivity index (χ3n) is 4.91. The lowest BCUT2D eigenvalue weighted by Crippen LogP contribution is -2.35. The number of fused-ring (bicyclic) bond motifs is 1. The fraction of sp³-hybridized carbons (Fsp3) is 0.318. The zero-order valence-corrected chi connectivity index (χ0v) is 17.0. The third-order valence-corrected chi connectivity index (χ3v) is 4.91. The predicted molar refractivity (Wildman–Crippen MR) is 113 cm³/mol. The molecule has 0 saturated heterocycles. The Balaban J connectivity index is 1.61. The fourth-order valence-electron chi connectivity index (χ4n) is 3.23. The molecular formula is C22H26N4O3. The zero-order chi connectivity index (χ0) is 20.8. The SMILES string of the molecule is COc1cccc(C(CNC(=O)CCn2cnc3ccccc3c2=O)N(C)C)c1. The van der Waals surface area contributed by atoms with Gasteiger partial charge in [0.05, 0.1) is 30.4 Å². The van der Waals surface area contributed by atoms with Crippen LogP contribution in [0.5, 0.6) is 5.75 Å². The zero-order valence-electron chi connectivity index (χ0n) is 17.0. The topological polar surface area (TPSA) is 76.5 Å². The van der Waals surface area contributed by atoms with E-state index in [4.69, 9.17) is 4.74 Å². The number of benzene rings is 2. The smallest absolute Gasteiger partial charge is 0.261 e. The first-order valence-electron chi connectivity index (χ1n) is 9.51. The predicted octanol–water partition coefficient (Wildman–Crippen LogP) is 2.21. The van der Waals surface area contributed by atoms with E-state index in [0.29, 0.717) is 17.4 Å². The number of carbonyl (C=O) groups is 1. The molecule has 1 atom stereocenters. The first-order valence-corrected chi connectivity index (χ1v) is 9.51. The molecule has 3 rings (SSSR count). The molecule has 29 heavy (non-hydrogen) atoms. The van der Waals surface area contributed by atoms with Crippen molar-refractivity contribution in [1.82, 2.24) is 19.8 Å². The van der Waals surface area contributed by atoms with Crippen LogP contribution >= 0.6 is 0 Å². The van der Waals surface area contributed by atoms with Crippen LogP contribution in [0.3, 0.4) is 0 Å². The van der Waals surface area contributed by atoms with Crippen LogP contribution in [0.15, 0.2) is 59.7 Å². The maximum Gasteiger partial charge on any atom is 0.261 e. The van der Waals surface area contributed by atoms with Gasteiger partial charge in [0.25, 0.3) is 5.56 Å². The number of aromatic nitrogens is 2. The van der Waals surface area contributed by atoms with Crippen molar-refractivity contribution in [1.29, 1.82) is 0 Å². The molecule has 1 aromatic heterocycles. The van der Waals surface area contributed by atoms with E-state index in [2.05, 4.69) is 10.3 Å². The second-order valence-corrected chi connectivity index (χ2v) is 7.07. The second-order valence-electron chi connectivity index (χ2n) is 7.07. The van der Waals surface area contributed by atoms with Gasteiger partial charge in [-0.25, -0.2) is 4.98 Å². The number of nitrogens with one attached hydrogen (secondary N) is 1. The van der Waals surface area contributed by atoms with Crippen molar-refractivity contribution < 1.29 is 9.53 Å². The van der Waals surface area contributed by atoms with Crippen LogP contribution in [-0.2, 0) is 11.3 Å². The van der Waals surface area contributed by atoms with Crippen molar-refractivity contribution in [2.45, 2.75) is 19.0 Å². The number of hydrogen-bond donors (Lipinski definition) is 1. The molecule has 0 saturated carbocycles. The average Bonchev–Trinajstić information content (AvgIpc) is 2.73. The summed E-state index contributed by atoms with van der Waals surface area (Å²) in [6, 6.07) is 15.0. The van der Waals surface area contributed by atoms with Crippen LogP contribution in [0.4, 0.5) is 0 Å². The first-order chi connectivity index (χ1) is 14.0. The minimum Gasteiger partial charge on any atom is -0.497 e. The molecule has 7 heteroatoms. The molecule has 0 aliphatic heterocycles. The molecule has 152 valence electrons. The maximum absolute atomic E-state index is 12.5. The quantitative estimate of drug-likeness (QED) is 0.634. The fourth-order valence-corrected chi connectivity index (χ4v) is 3.23. The summed E-state index contributed by atoms with van der Waals surface area (Å²) in [7, 11) is 5.57. The lowest BCUT2D eigenvalue weighted by molar-refractivity contribution is -0.121. The summed E-state index contributed by atoms with van der Waals surface area (Å²) >= 11 is 0. The highest BCUT2D eigenvalue weighted by Crippen LogP contribution is 2.22. The summed E-state index contributed by atoms with van der Waals surface area (Å²) in [5.74, 6) is 0.670. The molecule has 1 heterocycles. The number of aryl methyl sites for hydroxylation is 1. The Morgan fingerprint density at radius 1 is 1.21 bits per heavy atom. The van der Waals surface area contributed by atoms with E-state index in [9.17, 15) is 9.59 Å². The molecule has 1 N–H and O–H groups in total. The number of ether oxygens (including phenoxy) is 1. The first kappa shape index (κ1) is 20.5. The maximum atomic E-state index is 12.5. The highest BCUT2D eigenvalue weighted by molar-refractivity contribution is 5.77. The van der Waals surface area contributed by atoms with Crippen molar-refractivity contribution in [3.63, 3.8) is 0 Å². The highest BCUT2D eigenvalue weighted by atomic mass is 16.5. The van der Waals surface area contributed by atoms with E-state index < -0.39 is 0 Å². The number of likely N-dealkylation sites (N-methyl/N-ethyl adjacent to an activating group) is 1. The minimum atomic E-state index is -0.133. The van der Waals surface area contributed by atoms with E-state index in [-0.39, 0.29) is 30.5 Å². The van der Waals surface area contributed by atoms with Gasteiger partial charge in [-0.2, -0.15) is 0 Å². The van der Waals surface area contributed by atoms with Crippen LogP contribution < -0.4 is 15.6 Å². The Morgan fingerprint density at radius 2 is 2.00 bits per heavy atom. The Bertz CT molecular complexity index is 1050. The van der Waals surface area contributed by atoms with Crippen molar-refractivity contribution in [2.75, 3.05) is 27.7 Å². The number of nitrogens with zero attached hydrogens (tertiary/aromatic N) is 3. The van der Waals surface area contributed by atoms with Crippen molar-refractivity contribution in [3.8, 4) is 5.75 Å². The number of rotatable bonds is 8. The number of methoxy groups -OCH3 is 1. The highest BCUT2D eigenvalue weighted by Gasteiger charge is 2.16. The van der Waals surface area contributed by atoms with Gasteiger partial charge >= 0.3 is 0 Å². The summed E-state index contributed by atoms with van der Waals surface area (Å²) in [4.78, 5) is 31.2. The standard InChI is InChI=1S/C22H26N4O3/c1-25(2)20(16-7-6-8-17(13-16)29-3)14-23-21(27)11-12-26-15-24-19-10-5-4-9-18(19)22(26)28/h4-10,13,15,20H,11-12,14H2,1-3H3,(H,23,27). The summed E-state index contributed by atoms with van der Waals surface area (Å²) < 4.78 is 6.78. The molecule has 1 amide bonds. The van der Waals surface area contributed by atoms with Gasteiger partial charge in [0, 0.05) is 19.5 Å². The summed E-state index contributed by atoms with van der Waals surface area (Å²) in [5, 5.41) is 3.53. The van der Waals surface area contributed by atoms with Gasteiger partial charge < -0.3 is 15.0 Å². The molecule has 3 aromatic rings. The number of para-hydroxylation sites is 1. The van der Waals surface area contributed by atoms with Crippen molar-refractivity contribution in [2.24, 2.45) is 0 Å². The average molecular weight is 394 g/mol. The van der Waals surface area contributed by atoms with Crippen LogP contribution in [0.1, 0.15) is 18.0 Å². The molecule has 0 aliphatic rings. The summed E-state index contributed by atoms with van der Waals surface area (Å²) in [5.41, 5.74) is 1.58. The largest absolute Gasteiger partial charge is 0.497 e. The van der Waals surface area contributed by atoms with Gasteiger partial charge in [0.2, 0.25) is 5.91 Å². The molecular weight excluding hydrogens is 368 g/mol. The molecule has 7 nitrogen and oxygen atoms in total. The van der Waals surface area contributed by atoms with E-state index in [1.165, 1.54) is 10.9 Å². The molecule has 0 bridgehead atoms. The number of carbonyl (C=O) groups excluding carboxylic acids is 1. The molecule has 1 unspecified atom stereocenters. The second kappa shape index (κ2) is 9.34. The Morgan fingerprint density at radius 3 is 2.76 bits per heavy atom. The van der Waals surface area contributed by atoms with Crippen molar-refractivity contribution in [3.05, 3.63) is 70.8 Å². The normalized spacial score (nSPS) is 12.1.